The molecule has 0 saturated heterocycles. The van der Waals surface area contributed by atoms with E-state index in [2.05, 4.69) is 46.5 Å². The van der Waals surface area contributed by atoms with Gasteiger partial charge in [-0.3, -0.25) is 0 Å². The summed E-state index contributed by atoms with van der Waals surface area (Å²) in [4.78, 5) is 7.33. The molecule has 0 aliphatic heterocycles. The number of anilines is 1. The molecule has 0 atom stereocenters. The zero-order valence-corrected chi connectivity index (χ0v) is 9.65. The Morgan fingerprint density at radius 2 is 1.82 bits per heavy atom. The normalized spacial score (nSPS) is 10.2. The van der Waals surface area contributed by atoms with E-state index in [9.17, 15) is 4.39 Å². The summed E-state index contributed by atoms with van der Waals surface area (Å²) in [6, 6.07) is 9.59. The van der Waals surface area contributed by atoms with Crippen LogP contribution in [0.25, 0.3) is 0 Å². The minimum atomic E-state index is -0.524. The van der Waals surface area contributed by atoms with Crippen LogP contribution in [0.1, 0.15) is 18.1 Å². The van der Waals surface area contributed by atoms with Crippen LogP contribution in [0.15, 0.2) is 36.7 Å². The SMILES string of the molecule is CCc1ccc(CNc2cc(F)ncn2)cc1. The summed E-state index contributed by atoms with van der Waals surface area (Å²) >= 11 is 0. The monoisotopic (exact) mass is 231 g/mol. The van der Waals surface area contributed by atoms with Gasteiger partial charge in [-0.15, -0.1) is 0 Å². The van der Waals surface area contributed by atoms with Crippen molar-refractivity contribution in [2.24, 2.45) is 0 Å². The Labute approximate surface area is 99.7 Å². The van der Waals surface area contributed by atoms with E-state index in [0.717, 1.165) is 12.0 Å². The molecule has 17 heavy (non-hydrogen) atoms. The second kappa shape index (κ2) is 5.39. The maximum absolute atomic E-state index is 12.8. The Morgan fingerprint density at radius 3 is 2.47 bits per heavy atom. The van der Waals surface area contributed by atoms with E-state index in [-0.39, 0.29) is 0 Å². The van der Waals surface area contributed by atoms with Crippen LogP contribution in [0.3, 0.4) is 0 Å². The molecule has 3 nitrogen and oxygen atoms in total. The van der Waals surface area contributed by atoms with Crippen molar-refractivity contribution in [3.8, 4) is 0 Å². The molecule has 1 aromatic carbocycles. The van der Waals surface area contributed by atoms with Gasteiger partial charge in [0.15, 0.2) is 0 Å². The van der Waals surface area contributed by atoms with Gasteiger partial charge in [-0.1, -0.05) is 31.2 Å². The molecule has 0 radical (unpaired) electrons. The lowest BCUT2D eigenvalue weighted by Gasteiger charge is -2.05. The molecule has 0 aliphatic carbocycles. The maximum Gasteiger partial charge on any atom is 0.217 e. The zero-order valence-electron chi connectivity index (χ0n) is 9.65. The van der Waals surface area contributed by atoms with E-state index in [0.29, 0.717) is 12.4 Å². The van der Waals surface area contributed by atoms with Crippen LogP contribution < -0.4 is 5.32 Å². The highest BCUT2D eigenvalue weighted by atomic mass is 19.1. The lowest BCUT2D eigenvalue weighted by atomic mass is 10.1. The predicted octanol–water partition coefficient (Wildman–Crippen LogP) is 2.79. The average molecular weight is 231 g/mol. The molecule has 0 aliphatic rings. The Kier molecular flexibility index (Phi) is 3.65. The third-order valence-electron chi connectivity index (χ3n) is 2.54. The second-order valence-corrected chi connectivity index (χ2v) is 3.75. The van der Waals surface area contributed by atoms with Crippen molar-refractivity contribution < 1.29 is 4.39 Å². The number of aryl methyl sites for hydroxylation is 1. The van der Waals surface area contributed by atoms with E-state index in [1.54, 1.807) is 0 Å². The average Bonchev–Trinajstić information content (AvgIpc) is 2.37. The molecule has 2 aromatic rings. The van der Waals surface area contributed by atoms with Gasteiger partial charge < -0.3 is 5.32 Å². The minimum absolute atomic E-state index is 0.497. The lowest BCUT2D eigenvalue weighted by molar-refractivity contribution is 0.580. The third kappa shape index (κ3) is 3.24. The summed E-state index contributed by atoms with van der Waals surface area (Å²) in [6.45, 7) is 2.75. The van der Waals surface area contributed by atoms with Crippen LogP contribution >= 0.6 is 0 Å². The molecule has 0 bridgehead atoms. The fourth-order valence-corrected chi connectivity index (χ4v) is 1.52. The summed E-state index contributed by atoms with van der Waals surface area (Å²) in [5, 5.41) is 3.05. The van der Waals surface area contributed by atoms with Crippen LogP contribution in [0.4, 0.5) is 10.2 Å². The van der Waals surface area contributed by atoms with Gasteiger partial charge in [-0.25, -0.2) is 9.97 Å². The molecule has 2 rings (SSSR count). The van der Waals surface area contributed by atoms with E-state index < -0.39 is 5.95 Å². The van der Waals surface area contributed by atoms with E-state index in [1.807, 2.05) is 0 Å². The van der Waals surface area contributed by atoms with Crippen molar-refractivity contribution in [3.05, 3.63) is 53.7 Å². The zero-order chi connectivity index (χ0) is 12.1. The van der Waals surface area contributed by atoms with Crippen LogP contribution in [0.2, 0.25) is 0 Å². The summed E-state index contributed by atoms with van der Waals surface area (Å²) in [5.41, 5.74) is 2.45. The number of hydrogen-bond acceptors (Lipinski definition) is 3. The molecule has 0 unspecified atom stereocenters. The van der Waals surface area contributed by atoms with Crippen LogP contribution in [0.5, 0.6) is 0 Å². The van der Waals surface area contributed by atoms with Gasteiger partial charge in [-0.05, 0) is 17.5 Å². The Bertz CT molecular complexity index is 482. The fourth-order valence-electron chi connectivity index (χ4n) is 1.52. The lowest BCUT2D eigenvalue weighted by Crippen LogP contribution is -2.02. The van der Waals surface area contributed by atoms with E-state index >= 15 is 0 Å². The third-order valence-corrected chi connectivity index (χ3v) is 2.54. The van der Waals surface area contributed by atoms with Gasteiger partial charge in [0.25, 0.3) is 0 Å². The number of rotatable bonds is 4. The van der Waals surface area contributed by atoms with E-state index in [1.165, 1.54) is 18.0 Å². The number of nitrogens with zero attached hydrogens (tertiary/aromatic N) is 2. The topological polar surface area (TPSA) is 37.8 Å². The van der Waals surface area contributed by atoms with Gasteiger partial charge in [-0.2, -0.15) is 4.39 Å². The summed E-state index contributed by atoms with van der Waals surface area (Å²) in [6.07, 6.45) is 2.24. The Balaban J connectivity index is 1.97. The summed E-state index contributed by atoms with van der Waals surface area (Å²) in [5.74, 6) is -0.0269. The largest absolute Gasteiger partial charge is 0.366 e. The first-order valence-corrected chi connectivity index (χ1v) is 5.57. The molecule has 0 spiro atoms. The Hall–Kier alpha value is -1.97. The smallest absolute Gasteiger partial charge is 0.217 e. The first kappa shape index (κ1) is 11.5. The van der Waals surface area contributed by atoms with Crippen molar-refractivity contribution in [1.82, 2.24) is 9.97 Å². The first-order chi connectivity index (χ1) is 8.28. The van der Waals surface area contributed by atoms with Crippen LogP contribution in [-0.4, -0.2) is 9.97 Å². The van der Waals surface area contributed by atoms with Crippen molar-refractivity contribution in [1.29, 1.82) is 0 Å². The highest BCUT2D eigenvalue weighted by molar-refractivity contribution is 5.34. The van der Waals surface area contributed by atoms with E-state index in [4.69, 9.17) is 0 Å². The molecule has 0 saturated carbocycles. The van der Waals surface area contributed by atoms with Gasteiger partial charge >= 0.3 is 0 Å². The van der Waals surface area contributed by atoms with Crippen molar-refractivity contribution in [2.75, 3.05) is 5.32 Å². The molecule has 1 heterocycles. The van der Waals surface area contributed by atoms with Crippen molar-refractivity contribution in [3.63, 3.8) is 0 Å². The van der Waals surface area contributed by atoms with Crippen LogP contribution in [-0.2, 0) is 13.0 Å². The molecular formula is C13H14FN3. The number of aromatic nitrogens is 2. The minimum Gasteiger partial charge on any atom is -0.366 e. The first-order valence-electron chi connectivity index (χ1n) is 5.57. The van der Waals surface area contributed by atoms with Crippen molar-refractivity contribution in [2.45, 2.75) is 19.9 Å². The second-order valence-electron chi connectivity index (χ2n) is 3.75. The molecule has 0 amide bonds. The predicted molar refractivity (Wildman–Crippen MR) is 65.1 cm³/mol. The van der Waals surface area contributed by atoms with Gasteiger partial charge in [0.1, 0.15) is 12.1 Å². The molecule has 1 aromatic heterocycles. The highest BCUT2D eigenvalue weighted by Crippen LogP contribution is 2.08. The van der Waals surface area contributed by atoms with Gasteiger partial charge in [0.2, 0.25) is 5.95 Å². The van der Waals surface area contributed by atoms with Crippen LogP contribution in [0, 0.1) is 5.95 Å². The van der Waals surface area contributed by atoms with Gasteiger partial charge in [0.05, 0.1) is 0 Å². The molecule has 88 valence electrons. The fraction of sp³-hybridized carbons (Fsp3) is 0.231. The molecule has 4 heteroatoms. The molecular weight excluding hydrogens is 217 g/mol. The highest BCUT2D eigenvalue weighted by Gasteiger charge is 1.98. The molecule has 1 N–H and O–H groups in total. The quantitative estimate of drug-likeness (QED) is 0.822. The number of benzene rings is 1. The maximum atomic E-state index is 12.8. The summed E-state index contributed by atoms with van der Waals surface area (Å²) < 4.78 is 12.8. The van der Waals surface area contributed by atoms with Gasteiger partial charge in [0, 0.05) is 12.6 Å². The summed E-state index contributed by atoms with van der Waals surface area (Å²) in [7, 11) is 0. The standard InChI is InChI=1S/C13H14FN3/c1-2-10-3-5-11(6-4-10)8-15-13-7-12(14)16-9-17-13/h3-7,9H,2,8H2,1H3,(H,15,16,17). The number of nitrogens with one attached hydrogen (secondary N) is 1. The van der Waals surface area contributed by atoms with Crippen molar-refractivity contribution >= 4 is 5.82 Å². The number of hydrogen-bond donors (Lipinski definition) is 1. The Morgan fingerprint density at radius 1 is 1.12 bits per heavy atom. The molecule has 0 fully saturated rings. The number of halogens is 1.